The average molecular weight is 407 g/mol. The van der Waals surface area contributed by atoms with Gasteiger partial charge >= 0.3 is 0 Å². The van der Waals surface area contributed by atoms with E-state index < -0.39 is 15.8 Å². The van der Waals surface area contributed by atoms with Gasteiger partial charge in [0.2, 0.25) is 10.0 Å². The summed E-state index contributed by atoms with van der Waals surface area (Å²) in [5.41, 5.74) is 2.65. The molecule has 1 fully saturated rings. The van der Waals surface area contributed by atoms with Crippen LogP contribution in [0.25, 0.3) is 0 Å². The van der Waals surface area contributed by atoms with E-state index >= 15 is 0 Å². The van der Waals surface area contributed by atoms with Gasteiger partial charge in [0.25, 0.3) is 0 Å². The van der Waals surface area contributed by atoms with Gasteiger partial charge in [0.15, 0.2) is 0 Å². The van der Waals surface area contributed by atoms with Crippen LogP contribution in [0.3, 0.4) is 0 Å². The summed E-state index contributed by atoms with van der Waals surface area (Å²) in [5, 5.41) is 0. The van der Waals surface area contributed by atoms with Crippen LogP contribution >= 0.6 is 0 Å². The second kappa shape index (κ2) is 8.59. The number of sulfonamides is 1. The molecule has 152 valence electrons. The Labute approximate surface area is 167 Å². The zero-order chi connectivity index (χ0) is 20.3. The number of aryl methyl sites for hydroxylation is 1. The van der Waals surface area contributed by atoms with Crippen molar-refractivity contribution in [1.29, 1.82) is 0 Å². The quantitative estimate of drug-likeness (QED) is 0.739. The van der Waals surface area contributed by atoms with Gasteiger partial charge in [-0.2, -0.15) is 0 Å². The molecule has 2 aromatic rings. The maximum atomic E-state index is 13.3. The van der Waals surface area contributed by atoms with Gasteiger partial charge in [0.05, 0.1) is 24.5 Å². The molecule has 0 saturated carbocycles. The highest BCUT2D eigenvalue weighted by Gasteiger charge is 2.29. The minimum atomic E-state index is -3.70. The van der Waals surface area contributed by atoms with Gasteiger partial charge < -0.3 is 9.80 Å². The molecule has 1 atom stereocenters. The van der Waals surface area contributed by atoms with Crippen molar-refractivity contribution < 1.29 is 17.7 Å². The van der Waals surface area contributed by atoms with E-state index in [0.29, 0.717) is 12.1 Å². The number of benzene rings is 2. The molecule has 2 N–H and O–H groups in total. The number of likely N-dealkylation sites (tertiary alicyclic amines) is 1. The minimum absolute atomic E-state index is 0.0502. The number of hydrogen-bond acceptors (Lipinski definition) is 3. The Kier molecular flexibility index (Phi) is 6.37. The third-order valence-corrected chi connectivity index (χ3v) is 7.04. The Morgan fingerprint density at radius 2 is 1.75 bits per heavy atom. The van der Waals surface area contributed by atoms with E-state index in [-0.39, 0.29) is 10.9 Å². The van der Waals surface area contributed by atoms with Crippen LogP contribution in [0, 0.1) is 12.7 Å². The topological polar surface area (TPSA) is 53.9 Å². The van der Waals surface area contributed by atoms with Crippen LogP contribution in [0.1, 0.15) is 30.0 Å². The lowest BCUT2D eigenvalue weighted by atomic mass is 10.1. The molecule has 0 bridgehead atoms. The molecule has 2 aromatic carbocycles. The van der Waals surface area contributed by atoms with Gasteiger partial charge in [-0.3, -0.25) is 0 Å². The Hall–Kier alpha value is -1.96. The predicted molar refractivity (Wildman–Crippen MR) is 110 cm³/mol. The molecule has 0 aliphatic carbocycles. The van der Waals surface area contributed by atoms with Crippen LogP contribution in [-0.4, -0.2) is 42.1 Å². The monoisotopic (exact) mass is 406 g/mol. The number of quaternary nitrogens is 1. The van der Waals surface area contributed by atoms with Gasteiger partial charge in [-0.25, -0.2) is 17.5 Å². The Balaban J connectivity index is 1.81. The summed E-state index contributed by atoms with van der Waals surface area (Å²) in [6.45, 7) is 4.01. The molecule has 0 aromatic heterocycles. The first-order valence-electron chi connectivity index (χ1n) is 9.65. The fourth-order valence-electron chi connectivity index (χ4n) is 3.87. The average Bonchev–Trinajstić information content (AvgIpc) is 3.16. The molecule has 0 unspecified atom stereocenters. The van der Waals surface area contributed by atoms with Crippen molar-refractivity contribution in [1.82, 2.24) is 4.72 Å². The van der Waals surface area contributed by atoms with Gasteiger partial charge in [-0.05, 0) is 42.8 Å². The first-order chi connectivity index (χ1) is 13.3. The van der Waals surface area contributed by atoms with E-state index in [1.54, 1.807) is 6.92 Å². The van der Waals surface area contributed by atoms with Crippen LogP contribution in [0.5, 0.6) is 0 Å². The van der Waals surface area contributed by atoms with Crippen LogP contribution in [-0.2, 0) is 10.0 Å². The summed E-state index contributed by atoms with van der Waals surface area (Å²) in [6.07, 6.45) is 2.32. The predicted octanol–water partition coefficient (Wildman–Crippen LogP) is 1.90. The van der Waals surface area contributed by atoms with Crippen LogP contribution in [0.2, 0.25) is 0 Å². The molecule has 3 rings (SSSR count). The molecule has 1 aliphatic heterocycles. The van der Waals surface area contributed by atoms with E-state index in [0.717, 1.165) is 37.2 Å². The highest BCUT2D eigenvalue weighted by Crippen LogP contribution is 2.19. The van der Waals surface area contributed by atoms with E-state index in [4.69, 9.17) is 0 Å². The lowest BCUT2D eigenvalue weighted by molar-refractivity contribution is -0.918. The molecule has 7 heteroatoms. The fourth-order valence-corrected chi connectivity index (χ4v) is 5.14. The van der Waals surface area contributed by atoms with Gasteiger partial charge in [-0.1, -0.05) is 12.1 Å². The normalized spacial score (nSPS) is 16.3. The summed E-state index contributed by atoms with van der Waals surface area (Å²) in [6, 6.07) is 12.1. The van der Waals surface area contributed by atoms with Gasteiger partial charge in [-0.15, -0.1) is 0 Å². The maximum absolute atomic E-state index is 13.3. The molecule has 0 radical (unpaired) electrons. The largest absolute Gasteiger partial charge is 0.378 e. The highest BCUT2D eigenvalue weighted by molar-refractivity contribution is 7.89. The van der Waals surface area contributed by atoms with Crippen LogP contribution in [0.4, 0.5) is 10.1 Å². The molecule has 1 saturated heterocycles. The standard InChI is InChI=1S/C21H28FN3O2S/c1-16-14-18(22)8-11-21(16)28(26,27)23-15-20(25-12-4-5-13-25)17-6-9-19(10-7-17)24(2)3/h6-11,14,20,23H,4-5,12-13,15H2,1-3H3/p+1/t20-/m1/s1. The third kappa shape index (κ3) is 4.71. The van der Waals surface area contributed by atoms with Gasteiger partial charge in [0.1, 0.15) is 11.9 Å². The van der Waals surface area contributed by atoms with E-state index in [9.17, 15) is 12.8 Å². The second-order valence-corrected chi connectivity index (χ2v) is 9.40. The molecular weight excluding hydrogens is 377 g/mol. The fraction of sp³-hybridized carbons (Fsp3) is 0.429. The van der Waals surface area contributed by atoms with Crippen LogP contribution < -0.4 is 14.5 Å². The zero-order valence-corrected chi connectivity index (χ0v) is 17.5. The van der Waals surface area contributed by atoms with Crippen molar-refractivity contribution in [2.45, 2.75) is 30.7 Å². The molecule has 1 aliphatic rings. The third-order valence-electron chi connectivity index (χ3n) is 5.45. The van der Waals surface area contributed by atoms with Gasteiger partial charge in [0, 0.05) is 38.2 Å². The summed E-state index contributed by atoms with van der Waals surface area (Å²) in [5.74, 6) is -0.434. The minimum Gasteiger partial charge on any atom is -0.378 e. The van der Waals surface area contributed by atoms with E-state index in [1.807, 2.05) is 19.0 Å². The smallest absolute Gasteiger partial charge is 0.241 e. The van der Waals surface area contributed by atoms with E-state index in [2.05, 4.69) is 29.0 Å². The number of halogens is 1. The number of nitrogens with zero attached hydrogens (tertiary/aromatic N) is 1. The zero-order valence-electron chi connectivity index (χ0n) is 16.7. The maximum Gasteiger partial charge on any atom is 0.241 e. The van der Waals surface area contributed by atoms with Crippen molar-refractivity contribution in [2.75, 3.05) is 38.6 Å². The summed E-state index contributed by atoms with van der Waals surface area (Å²) in [4.78, 5) is 3.57. The lowest BCUT2D eigenvalue weighted by Gasteiger charge is -2.26. The Morgan fingerprint density at radius 1 is 1.11 bits per heavy atom. The summed E-state index contributed by atoms with van der Waals surface area (Å²) in [7, 11) is 0.295. The SMILES string of the molecule is Cc1cc(F)ccc1S(=O)(=O)NC[C@H](c1ccc(N(C)C)cc1)[NH+]1CCCC1. The summed E-state index contributed by atoms with van der Waals surface area (Å²) >= 11 is 0. The molecular formula is C21H29FN3O2S+. The van der Waals surface area contributed by atoms with Crippen molar-refractivity contribution in [3.63, 3.8) is 0 Å². The Morgan fingerprint density at radius 3 is 2.32 bits per heavy atom. The van der Waals surface area contributed by atoms with Crippen molar-refractivity contribution in [3.05, 3.63) is 59.4 Å². The molecule has 1 heterocycles. The van der Waals surface area contributed by atoms with E-state index in [1.165, 1.54) is 23.1 Å². The summed E-state index contributed by atoms with van der Waals surface area (Å²) < 4.78 is 41.7. The van der Waals surface area contributed by atoms with Crippen molar-refractivity contribution >= 4 is 15.7 Å². The number of anilines is 1. The van der Waals surface area contributed by atoms with Crippen molar-refractivity contribution in [2.24, 2.45) is 0 Å². The Bertz CT molecular complexity index is 908. The lowest BCUT2D eigenvalue weighted by Crippen LogP contribution is -3.11. The molecule has 5 nitrogen and oxygen atoms in total. The molecule has 28 heavy (non-hydrogen) atoms. The number of hydrogen-bond donors (Lipinski definition) is 2. The van der Waals surface area contributed by atoms with Crippen molar-refractivity contribution in [3.8, 4) is 0 Å². The van der Waals surface area contributed by atoms with Crippen LogP contribution in [0.15, 0.2) is 47.4 Å². The number of rotatable bonds is 7. The first-order valence-corrected chi connectivity index (χ1v) is 11.1. The molecule has 0 amide bonds. The second-order valence-electron chi connectivity index (χ2n) is 7.67. The first kappa shape index (κ1) is 20.8. The molecule has 0 spiro atoms. The number of nitrogens with one attached hydrogen (secondary N) is 2. The highest BCUT2D eigenvalue weighted by atomic mass is 32.2.